The molecule has 0 fully saturated rings. The van der Waals surface area contributed by atoms with Crippen LogP contribution in [0.2, 0.25) is 0 Å². The van der Waals surface area contributed by atoms with Crippen molar-refractivity contribution in [2.24, 2.45) is 4.99 Å². The molecule has 0 atom stereocenters. The number of aromatic nitrogens is 1. The average Bonchev–Trinajstić information content (AvgIpc) is 3.02. The molecule has 3 rings (SSSR count). The smallest absolute Gasteiger partial charge is 0.332 e. The Labute approximate surface area is 123 Å². The van der Waals surface area contributed by atoms with Crippen LogP contribution >= 0.6 is 11.3 Å². The van der Waals surface area contributed by atoms with Crippen LogP contribution in [-0.2, 0) is 14.3 Å². The van der Waals surface area contributed by atoms with Crippen LogP contribution in [0.4, 0.5) is 5.13 Å². The standard InChI is InChI=1S/C13H10N4O3S/c1-20-10(18)6-8-11(19)16-12(14-8)17-13-15-7-4-2-3-5-9(7)21-13/h2-6H,1H3,(H2,14,15,16,17,19)/b8-6+. The zero-order valence-electron chi connectivity index (χ0n) is 10.9. The van der Waals surface area contributed by atoms with Gasteiger partial charge in [0.15, 0.2) is 5.13 Å². The van der Waals surface area contributed by atoms with Crippen LogP contribution in [0, 0.1) is 0 Å². The van der Waals surface area contributed by atoms with Crippen molar-refractivity contribution in [1.29, 1.82) is 0 Å². The number of ether oxygens (including phenoxy) is 1. The Balaban J connectivity index is 1.82. The Morgan fingerprint density at radius 1 is 1.43 bits per heavy atom. The fourth-order valence-corrected chi connectivity index (χ4v) is 2.59. The zero-order valence-corrected chi connectivity index (χ0v) is 11.7. The fourth-order valence-electron chi connectivity index (χ4n) is 1.73. The monoisotopic (exact) mass is 302 g/mol. The number of hydrogen-bond acceptors (Lipinski definition) is 7. The molecule has 0 saturated heterocycles. The van der Waals surface area contributed by atoms with E-state index in [4.69, 9.17) is 0 Å². The van der Waals surface area contributed by atoms with Gasteiger partial charge in [-0.2, -0.15) is 0 Å². The lowest BCUT2D eigenvalue weighted by Crippen LogP contribution is -2.30. The second-order valence-electron chi connectivity index (χ2n) is 4.08. The minimum atomic E-state index is -0.634. The molecule has 0 bridgehead atoms. The summed E-state index contributed by atoms with van der Waals surface area (Å²) in [6, 6.07) is 7.68. The van der Waals surface area contributed by atoms with E-state index in [1.807, 2.05) is 24.3 Å². The Hall–Kier alpha value is -2.74. The predicted octanol–water partition coefficient (Wildman–Crippen LogP) is 1.25. The van der Waals surface area contributed by atoms with Crippen LogP contribution < -0.4 is 10.6 Å². The number of fused-ring (bicyclic) bond motifs is 1. The van der Waals surface area contributed by atoms with Gasteiger partial charge in [-0.3, -0.25) is 10.1 Å². The molecule has 0 aliphatic carbocycles. The summed E-state index contributed by atoms with van der Waals surface area (Å²) in [7, 11) is 1.23. The fraction of sp³-hybridized carbons (Fsp3) is 0.0769. The first-order valence-corrected chi connectivity index (χ1v) is 6.79. The van der Waals surface area contributed by atoms with Gasteiger partial charge in [-0.15, -0.1) is 0 Å². The molecule has 2 heterocycles. The van der Waals surface area contributed by atoms with Crippen LogP contribution in [0.5, 0.6) is 0 Å². The molecule has 1 amide bonds. The summed E-state index contributed by atoms with van der Waals surface area (Å²) in [6.07, 6.45) is 1.03. The molecular formula is C13H10N4O3S. The molecule has 0 unspecified atom stereocenters. The van der Waals surface area contributed by atoms with Crippen LogP contribution in [0.15, 0.2) is 41.0 Å². The Morgan fingerprint density at radius 2 is 2.24 bits per heavy atom. The molecule has 21 heavy (non-hydrogen) atoms. The van der Waals surface area contributed by atoms with Crippen LogP contribution in [0.25, 0.3) is 10.2 Å². The van der Waals surface area contributed by atoms with Gasteiger partial charge in [-0.1, -0.05) is 23.5 Å². The number of hydrogen-bond donors (Lipinski definition) is 2. The SMILES string of the molecule is COC(=O)/C=C1/N=C(Nc2nc3ccccc3s2)NC1=O. The summed E-state index contributed by atoms with van der Waals surface area (Å²) in [5.41, 5.74) is 0.853. The third kappa shape index (κ3) is 2.75. The first kappa shape index (κ1) is 13.3. The lowest BCUT2D eigenvalue weighted by molar-refractivity contribution is -0.135. The van der Waals surface area contributed by atoms with E-state index in [9.17, 15) is 9.59 Å². The molecule has 1 aliphatic heterocycles. The molecule has 2 N–H and O–H groups in total. The van der Waals surface area contributed by atoms with E-state index in [-0.39, 0.29) is 11.7 Å². The molecule has 0 spiro atoms. The molecule has 0 radical (unpaired) electrons. The molecule has 2 aromatic rings. The van der Waals surface area contributed by atoms with E-state index in [2.05, 4.69) is 25.3 Å². The summed E-state index contributed by atoms with van der Waals surface area (Å²) in [6.45, 7) is 0. The van der Waals surface area contributed by atoms with E-state index < -0.39 is 11.9 Å². The summed E-state index contributed by atoms with van der Waals surface area (Å²) in [5, 5.41) is 6.04. The topological polar surface area (TPSA) is 92.7 Å². The number of nitrogens with one attached hydrogen (secondary N) is 2. The molecule has 8 heteroatoms. The third-order valence-corrected chi connectivity index (χ3v) is 3.62. The van der Waals surface area contributed by atoms with Gasteiger partial charge in [0.25, 0.3) is 5.91 Å². The number of para-hydroxylation sites is 1. The number of carbonyl (C=O) groups is 2. The van der Waals surface area contributed by atoms with Gasteiger partial charge in [-0.05, 0) is 12.1 Å². The van der Waals surface area contributed by atoms with Crippen molar-refractivity contribution in [3.63, 3.8) is 0 Å². The van der Waals surface area contributed by atoms with Crippen molar-refractivity contribution >= 4 is 44.5 Å². The Morgan fingerprint density at radius 3 is 3.00 bits per heavy atom. The van der Waals surface area contributed by atoms with Gasteiger partial charge in [0.05, 0.1) is 23.4 Å². The zero-order chi connectivity index (χ0) is 14.8. The number of carbonyl (C=O) groups excluding carboxylic acids is 2. The number of nitrogens with zero attached hydrogens (tertiary/aromatic N) is 2. The third-order valence-electron chi connectivity index (χ3n) is 2.67. The second kappa shape index (κ2) is 5.33. The van der Waals surface area contributed by atoms with Gasteiger partial charge in [0, 0.05) is 0 Å². The maximum atomic E-state index is 11.6. The first-order valence-electron chi connectivity index (χ1n) is 5.98. The normalized spacial score (nSPS) is 16.0. The molecule has 1 aromatic carbocycles. The number of benzene rings is 1. The van der Waals surface area contributed by atoms with E-state index in [0.717, 1.165) is 16.3 Å². The van der Waals surface area contributed by atoms with Gasteiger partial charge in [0.2, 0.25) is 5.96 Å². The lowest BCUT2D eigenvalue weighted by atomic mass is 10.3. The largest absolute Gasteiger partial charge is 0.466 e. The number of amides is 1. The average molecular weight is 302 g/mol. The second-order valence-corrected chi connectivity index (χ2v) is 5.11. The molecule has 1 aromatic heterocycles. The number of esters is 1. The van der Waals surface area contributed by atoms with Crippen molar-refractivity contribution in [2.45, 2.75) is 0 Å². The van der Waals surface area contributed by atoms with Crippen LogP contribution in [0.1, 0.15) is 0 Å². The van der Waals surface area contributed by atoms with E-state index in [0.29, 0.717) is 5.13 Å². The van der Waals surface area contributed by atoms with Crippen LogP contribution in [0.3, 0.4) is 0 Å². The highest BCUT2D eigenvalue weighted by Crippen LogP contribution is 2.25. The molecular weight excluding hydrogens is 292 g/mol. The van der Waals surface area contributed by atoms with E-state index in [1.54, 1.807) is 0 Å². The van der Waals surface area contributed by atoms with Crippen molar-refractivity contribution in [3.05, 3.63) is 36.0 Å². The number of rotatable bonds is 2. The molecule has 7 nitrogen and oxygen atoms in total. The number of thiazole rings is 1. The maximum absolute atomic E-state index is 11.6. The highest BCUT2D eigenvalue weighted by molar-refractivity contribution is 7.22. The predicted molar refractivity (Wildman–Crippen MR) is 78.9 cm³/mol. The number of aliphatic imine (C=N–C) groups is 1. The van der Waals surface area contributed by atoms with Crippen molar-refractivity contribution in [1.82, 2.24) is 10.3 Å². The molecule has 106 valence electrons. The summed E-state index contributed by atoms with van der Waals surface area (Å²) >= 11 is 1.44. The van der Waals surface area contributed by atoms with Crippen LogP contribution in [-0.4, -0.2) is 29.9 Å². The van der Waals surface area contributed by atoms with Crippen molar-refractivity contribution in [2.75, 3.05) is 12.4 Å². The van der Waals surface area contributed by atoms with Crippen molar-refractivity contribution in [3.8, 4) is 0 Å². The summed E-state index contributed by atoms with van der Waals surface area (Å²) < 4.78 is 5.48. The highest BCUT2D eigenvalue weighted by atomic mass is 32.1. The van der Waals surface area contributed by atoms with Gasteiger partial charge >= 0.3 is 5.97 Å². The Kier molecular flexibility index (Phi) is 3.36. The molecule has 1 aliphatic rings. The van der Waals surface area contributed by atoms with Crippen molar-refractivity contribution < 1.29 is 14.3 Å². The first-order chi connectivity index (χ1) is 10.2. The quantitative estimate of drug-likeness (QED) is 0.643. The molecule has 0 saturated carbocycles. The minimum Gasteiger partial charge on any atom is -0.466 e. The van der Waals surface area contributed by atoms with Gasteiger partial charge < -0.3 is 10.1 Å². The number of methoxy groups -OCH3 is 1. The van der Waals surface area contributed by atoms with Gasteiger partial charge in [0.1, 0.15) is 5.70 Å². The highest BCUT2D eigenvalue weighted by Gasteiger charge is 2.22. The lowest BCUT2D eigenvalue weighted by Gasteiger charge is -1.99. The van der Waals surface area contributed by atoms with E-state index >= 15 is 0 Å². The number of guanidine groups is 1. The van der Waals surface area contributed by atoms with E-state index in [1.165, 1.54) is 18.4 Å². The number of anilines is 1. The Bertz CT molecular complexity index is 761. The summed E-state index contributed by atoms with van der Waals surface area (Å²) in [4.78, 5) is 31.1. The minimum absolute atomic E-state index is 0.00883. The summed E-state index contributed by atoms with van der Waals surface area (Å²) in [5.74, 6) is -0.872. The maximum Gasteiger partial charge on any atom is 0.332 e. The van der Waals surface area contributed by atoms with Gasteiger partial charge in [-0.25, -0.2) is 14.8 Å².